The smallest absolute Gasteiger partial charge is 0.120 e. The maximum Gasteiger partial charge on any atom is 0.120 e. The third kappa shape index (κ3) is 4.50. The average molecular weight is 327 g/mol. The van der Waals surface area contributed by atoms with Gasteiger partial charge >= 0.3 is 0 Å². The molecule has 0 atom stereocenters. The van der Waals surface area contributed by atoms with Crippen LogP contribution in [-0.2, 0) is 17.6 Å². The van der Waals surface area contributed by atoms with Crippen LogP contribution in [-0.4, -0.2) is 18.8 Å². The summed E-state index contributed by atoms with van der Waals surface area (Å²) in [5, 5.41) is 0. The monoisotopic (exact) mass is 326 g/mol. The first-order valence-corrected chi connectivity index (χ1v) is 7.83. The van der Waals surface area contributed by atoms with Crippen LogP contribution in [0.3, 0.4) is 0 Å². The van der Waals surface area contributed by atoms with E-state index in [2.05, 4.69) is 48.8 Å². The SMILES string of the molecule is CC(C)(C)OCCOc1cc(Br)c2c(c1)CCCC2. The number of rotatable bonds is 4. The summed E-state index contributed by atoms with van der Waals surface area (Å²) in [6.07, 6.45) is 4.94. The van der Waals surface area contributed by atoms with Crippen molar-refractivity contribution in [3.8, 4) is 5.75 Å². The summed E-state index contributed by atoms with van der Waals surface area (Å²) < 4.78 is 12.6. The van der Waals surface area contributed by atoms with Gasteiger partial charge < -0.3 is 9.47 Å². The number of halogens is 1. The first-order valence-electron chi connectivity index (χ1n) is 7.04. The Bertz CT molecular complexity index is 435. The first kappa shape index (κ1) is 14.9. The van der Waals surface area contributed by atoms with Crippen LogP contribution >= 0.6 is 15.9 Å². The van der Waals surface area contributed by atoms with Crippen LogP contribution in [0.2, 0.25) is 0 Å². The molecule has 0 heterocycles. The molecule has 0 aromatic heterocycles. The number of hydrogen-bond donors (Lipinski definition) is 0. The van der Waals surface area contributed by atoms with E-state index in [1.165, 1.54) is 41.3 Å². The molecular formula is C16H23BrO2. The fourth-order valence-electron chi connectivity index (χ4n) is 2.38. The Hall–Kier alpha value is -0.540. The molecule has 1 aliphatic rings. The molecule has 106 valence electrons. The highest BCUT2D eigenvalue weighted by Crippen LogP contribution is 2.32. The molecule has 1 aromatic rings. The predicted molar refractivity (Wildman–Crippen MR) is 82.0 cm³/mol. The molecule has 3 heteroatoms. The molecule has 0 saturated heterocycles. The molecule has 1 aliphatic carbocycles. The van der Waals surface area contributed by atoms with Gasteiger partial charge in [0.1, 0.15) is 12.4 Å². The van der Waals surface area contributed by atoms with E-state index in [0.29, 0.717) is 13.2 Å². The summed E-state index contributed by atoms with van der Waals surface area (Å²) >= 11 is 3.66. The molecule has 0 radical (unpaired) electrons. The van der Waals surface area contributed by atoms with Gasteiger partial charge in [-0.2, -0.15) is 0 Å². The van der Waals surface area contributed by atoms with Gasteiger partial charge in [-0.05, 0) is 69.7 Å². The Balaban J connectivity index is 1.92. The fourth-order valence-corrected chi connectivity index (χ4v) is 3.06. The minimum Gasteiger partial charge on any atom is -0.491 e. The third-order valence-corrected chi connectivity index (χ3v) is 3.98. The van der Waals surface area contributed by atoms with E-state index in [0.717, 1.165) is 5.75 Å². The zero-order valence-electron chi connectivity index (χ0n) is 12.1. The lowest BCUT2D eigenvalue weighted by Gasteiger charge is -2.21. The number of hydrogen-bond acceptors (Lipinski definition) is 2. The first-order chi connectivity index (χ1) is 8.96. The second-order valence-corrected chi connectivity index (χ2v) is 6.91. The van der Waals surface area contributed by atoms with Crippen LogP contribution in [0.4, 0.5) is 0 Å². The minimum absolute atomic E-state index is 0.0974. The van der Waals surface area contributed by atoms with Gasteiger partial charge in [0.2, 0.25) is 0 Å². The molecule has 1 aromatic carbocycles. The van der Waals surface area contributed by atoms with Crippen LogP contribution in [0, 0.1) is 0 Å². The molecule has 0 unspecified atom stereocenters. The van der Waals surface area contributed by atoms with E-state index >= 15 is 0 Å². The van der Waals surface area contributed by atoms with Crippen molar-refractivity contribution in [2.45, 2.75) is 52.1 Å². The Labute approximate surface area is 124 Å². The highest BCUT2D eigenvalue weighted by molar-refractivity contribution is 9.10. The Morgan fingerprint density at radius 2 is 1.84 bits per heavy atom. The molecule has 0 amide bonds. The number of benzene rings is 1. The second-order valence-electron chi connectivity index (χ2n) is 6.06. The van der Waals surface area contributed by atoms with Gasteiger partial charge in [0.15, 0.2) is 0 Å². The van der Waals surface area contributed by atoms with Crippen molar-refractivity contribution in [3.63, 3.8) is 0 Å². The van der Waals surface area contributed by atoms with Gasteiger partial charge in [-0.1, -0.05) is 15.9 Å². The lowest BCUT2D eigenvalue weighted by molar-refractivity contribution is -0.0163. The van der Waals surface area contributed by atoms with Crippen molar-refractivity contribution in [3.05, 3.63) is 27.7 Å². The average Bonchev–Trinajstić information content (AvgIpc) is 2.34. The molecule has 0 bridgehead atoms. The fraction of sp³-hybridized carbons (Fsp3) is 0.625. The zero-order chi connectivity index (χ0) is 13.9. The second kappa shape index (κ2) is 6.27. The van der Waals surface area contributed by atoms with E-state index in [4.69, 9.17) is 9.47 Å². The summed E-state index contributed by atoms with van der Waals surface area (Å²) in [5.74, 6) is 0.949. The van der Waals surface area contributed by atoms with Gasteiger partial charge in [-0.15, -0.1) is 0 Å². The number of ether oxygens (including phenoxy) is 2. The van der Waals surface area contributed by atoms with E-state index < -0.39 is 0 Å². The minimum atomic E-state index is -0.0974. The van der Waals surface area contributed by atoms with Gasteiger partial charge in [0, 0.05) is 4.47 Å². The highest BCUT2D eigenvalue weighted by Gasteiger charge is 2.14. The van der Waals surface area contributed by atoms with E-state index in [9.17, 15) is 0 Å². The number of aryl methyl sites for hydroxylation is 1. The predicted octanol–water partition coefficient (Wildman–Crippen LogP) is 4.52. The summed E-state index contributed by atoms with van der Waals surface area (Å²) in [7, 11) is 0. The van der Waals surface area contributed by atoms with E-state index in [-0.39, 0.29) is 5.60 Å². The summed E-state index contributed by atoms with van der Waals surface area (Å²) in [4.78, 5) is 0. The Morgan fingerprint density at radius 1 is 1.11 bits per heavy atom. The standard InChI is InChI=1S/C16H23BrO2/c1-16(2,3)19-9-8-18-13-10-12-6-4-5-7-14(12)15(17)11-13/h10-11H,4-9H2,1-3H3. The molecular weight excluding hydrogens is 304 g/mol. The molecule has 0 aliphatic heterocycles. The Kier molecular flexibility index (Phi) is 4.91. The normalized spacial score (nSPS) is 15.2. The molecule has 2 nitrogen and oxygen atoms in total. The molecule has 2 rings (SSSR count). The van der Waals surface area contributed by atoms with Gasteiger partial charge in [-0.25, -0.2) is 0 Å². The van der Waals surface area contributed by atoms with Crippen molar-refractivity contribution in [2.75, 3.05) is 13.2 Å². The van der Waals surface area contributed by atoms with Crippen LogP contribution in [0.1, 0.15) is 44.7 Å². The van der Waals surface area contributed by atoms with Crippen molar-refractivity contribution in [1.82, 2.24) is 0 Å². The maximum absolute atomic E-state index is 5.79. The third-order valence-electron chi connectivity index (χ3n) is 3.27. The van der Waals surface area contributed by atoms with Crippen LogP contribution in [0.15, 0.2) is 16.6 Å². The topological polar surface area (TPSA) is 18.5 Å². The van der Waals surface area contributed by atoms with Crippen LogP contribution in [0.25, 0.3) is 0 Å². The molecule has 0 spiro atoms. The molecule has 0 N–H and O–H groups in total. The van der Waals surface area contributed by atoms with Gasteiger partial charge in [-0.3, -0.25) is 0 Å². The summed E-state index contributed by atoms with van der Waals surface area (Å²) in [6.45, 7) is 7.40. The molecule has 0 fully saturated rings. The van der Waals surface area contributed by atoms with Gasteiger partial charge in [0.05, 0.1) is 12.2 Å². The van der Waals surface area contributed by atoms with E-state index in [1.54, 1.807) is 0 Å². The quantitative estimate of drug-likeness (QED) is 0.757. The van der Waals surface area contributed by atoms with Gasteiger partial charge in [0.25, 0.3) is 0 Å². The summed E-state index contributed by atoms with van der Waals surface area (Å²) in [6, 6.07) is 4.28. The van der Waals surface area contributed by atoms with Crippen molar-refractivity contribution in [1.29, 1.82) is 0 Å². The summed E-state index contributed by atoms with van der Waals surface area (Å²) in [5.41, 5.74) is 2.80. The molecule has 19 heavy (non-hydrogen) atoms. The lowest BCUT2D eigenvalue weighted by Crippen LogP contribution is -2.22. The highest BCUT2D eigenvalue weighted by atomic mass is 79.9. The maximum atomic E-state index is 5.79. The van der Waals surface area contributed by atoms with Crippen LogP contribution < -0.4 is 4.74 Å². The van der Waals surface area contributed by atoms with E-state index in [1.807, 2.05) is 0 Å². The zero-order valence-corrected chi connectivity index (χ0v) is 13.7. The largest absolute Gasteiger partial charge is 0.491 e. The Morgan fingerprint density at radius 3 is 2.58 bits per heavy atom. The lowest BCUT2D eigenvalue weighted by atomic mass is 9.92. The number of fused-ring (bicyclic) bond motifs is 1. The van der Waals surface area contributed by atoms with Crippen LogP contribution in [0.5, 0.6) is 5.75 Å². The van der Waals surface area contributed by atoms with Crippen molar-refractivity contribution in [2.24, 2.45) is 0 Å². The van der Waals surface area contributed by atoms with Crippen molar-refractivity contribution < 1.29 is 9.47 Å². The molecule has 0 saturated carbocycles. The van der Waals surface area contributed by atoms with Crippen molar-refractivity contribution >= 4 is 15.9 Å².